The van der Waals surface area contributed by atoms with Crippen molar-refractivity contribution >= 4 is 5.91 Å². The summed E-state index contributed by atoms with van der Waals surface area (Å²) in [7, 11) is 0. The third kappa shape index (κ3) is 2.23. The topological polar surface area (TPSA) is 85.8 Å². The van der Waals surface area contributed by atoms with Crippen LogP contribution >= 0.6 is 0 Å². The molecule has 0 saturated heterocycles. The van der Waals surface area contributed by atoms with Gasteiger partial charge in [0.05, 0.1) is 12.1 Å². The van der Waals surface area contributed by atoms with Gasteiger partial charge in [0.15, 0.2) is 0 Å². The van der Waals surface area contributed by atoms with Crippen molar-refractivity contribution < 1.29 is 4.79 Å². The predicted molar refractivity (Wildman–Crippen MR) is 57.4 cm³/mol. The summed E-state index contributed by atoms with van der Waals surface area (Å²) < 4.78 is 1.65. The highest BCUT2D eigenvalue weighted by molar-refractivity contribution is 5.77. The van der Waals surface area contributed by atoms with Crippen LogP contribution in [0.4, 0.5) is 0 Å². The normalized spacial score (nSPS) is 10.1. The minimum Gasteiger partial charge on any atom is -0.294 e. The lowest BCUT2D eigenvalue weighted by Gasteiger charge is -2.03. The standard InChI is InChI=1S/C10H11N5O/c11-14-10(16)5-8-1-3-9(4-2-8)15-7-12-6-13-15/h1-4,6-7H,5,11H2,(H,14,16). The largest absolute Gasteiger partial charge is 0.294 e. The number of benzene rings is 1. The van der Waals surface area contributed by atoms with E-state index in [2.05, 4.69) is 15.5 Å². The van der Waals surface area contributed by atoms with Gasteiger partial charge in [0.25, 0.3) is 0 Å². The fraction of sp³-hybridized carbons (Fsp3) is 0.100. The Morgan fingerprint density at radius 2 is 2.12 bits per heavy atom. The number of carbonyl (C=O) groups excluding carboxylic acids is 1. The van der Waals surface area contributed by atoms with E-state index >= 15 is 0 Å². The number of nitrogens with one attached hydrogen (secondary N) is 1. The molecule has 1 amide bonds. The number of hydrogen-bond acceptors (Lipinski definition) is 4. The van der Waals surface area contributed by atoms with Gasteiger partial charge in [0, 0.05) is 0 Å². The van der Waals surface area contributed by atoms with Crippen LogP contribution in [0.25, 0.3) is 5.69 Å². The Morgan fingerprint density at radius 1 is 1.38 bits per heavy atom. The smallest absolute Gasteiger partial charge is 0.238 e. The molecular formula is C10H11N5O. The Hall–Kier alpha value is -2.21. The molecule has 0 fully saturated rings. The molecule has 2 aromatic rings. The van der Waals surface area contributed by atoms with E-state index < -0.39 is 0 Å². The Morgan fingerprint density at radius 3 is 2.69 bits per heavy atom. The molecule has 0 aliphatic rings. The molecule has 0 aliphatic heterocycles. The van der Waals surface area contributed by atoms with Gasteiger partial charge in [0.1, 0.15) is 12.7 Å². The second-order valence-corrected chi connectivity index (χ2v) is 3.25. The fourth-order valence-electron chi connectivity index (χ4n) is 1.34. The molecule has 0 bridgehead atoms. The minimum atomic E-state index is -0.214. The van der Waals surface area contributed by atoms with Crippen LogP contribution in [0.15, 0.2) is 36.9 Å². The Kier molecular flexibility index (Phi) is 2.93. The second-order valence-electron chi connectivity index (χ2n) is 3.25. The van der Waals surface area contributed by atoms with E-state index in [1.54, 1.807) is 11.0 Å². The van der Waals surface area contributed by atoms with Crippen LogP contribution in [-0.4, -0.2) is 20.7 Å². The fourth-order valence-corrected chi connectivity index (χ4v) is 1.34. The van der Waals surface area contributed by atoms with Gasteiger partial charge in [-0.3, -0.25) is 10.2 Å². The van der Waals surface area contributed by atoms with Crippen molar-refractivity contribution in [1.29, 1.82) is 0 Å². The summed E-state index contributed by atoms with van der Waals surface area (Å²) in [6.07, 6.45) is 3.35. The van der Waals surface area contributed by atoms with Crippen molar-refractivity contribution in [3.8, 4) is 5.69 Å². The van der Waals surface area contributed by atoms with E-state index in [1.165, 1.54) is 6.33 Å². The van der Waals surface area contributed by atoms with Crippen molar-refractivity contribution in [3.63, 3.8) is 0 Å². The number of aromatic nitrogens is 3. The second kappa shape index (κ2) is 4.54. The summed E-state index contributed by atoms with van der Waals surface area (Å²) in [6, 6.07) is 7.44. The summed E-state index contributed by atoms with van der Waals surface area (Å²) in [5.74, 6) is 4.79. The summed E-state index contributed by atoms with van der Waals surface area (Å²) >= 11 is 0. The number of hydrazine groups is 1. The molecule has 0 radical (unpaired) electrons. The van der Waals surface area contributed by atoms with Gasteiger partial charge >= 0.3 is 0 Å². The molecule has 3 N–H and O–H groups in total. The Bertz CT molecular complexity index is 462. The molecule has 0 spiro atoms. The maximum atomic E-state index is 11.0. The maximum Gasteiger partial charge on any atom is 0.238 e. The van der Waals surface area contributed by atoms with Gasteiger partial charge in [-0.25, -0.2) is 15.5 Å². The third-order valence-electron chi connectivity index (χ3n) is 2.15. The first-order valence-corrected chi connectivity index (χ1v) is 4.73. The van der Waals surface area contributed by atoms with Crippen LogP contribution in [0.2, 0.25) is 0 Å². The van der Waals surface area contributed by atoms with Crippen molar-refractivity contribution in [2.24, 2.45) is 5.84 Å². The van der Waals surface area contributed by atoms with E-state index in [0.717, 1.165) is 11.3 Å². The van der Waals surface area contributed by atoms with Crippen LogP contribution in [-0.2, 0) is 11.2 Å². The molecular weight excluding hydrogens is 206 g/mol. The monoisotopic (exact) mass is 217 g/mol. The highest BCUT2D eigenvalue weighted by atomic mass is 16.2. The average Bonchev–Trinajstić information content (AvgIpc) is 2.83. The molecule has 0 aliphatic carbocycles. The number of nitrogens with two attached hydrogens (primary N) is 1. The molecule has 1 heterocycles. The molecule has 6 nitrogen and oxygen atoms in total. The first kappa shape index (κ1) is 10.3. The number of rotatable bonds is 3. The van der Waals surface area contributed by atoms with Gasteiger partial charge < -0.3 is 0 Å². The van der Waals surface area contributed by atoms with Gasteiger partial charge in [-0.05, 0) is 17.7 Å². The van der Waals surface area contributed by atoms with Gasteiger partial charge in [-0.1, -0.05) is 12.1 Å². The first-order valence-electron chi connectivity index (χ1n) is 4.73. The van der Waals surface area contributed by atoms with Crippen LogP contribution in [0, 0.1) is 0 Å². The molecule has 0 saturated carbocycles. The number of amides is 1. The minimum absolute atomic E-state index is 0.214. The Balaban J connectivity index is 2.14. The lowest BCUT2D eigenvalue weighted by atomic mass is 10.1. The molecule has 0 unspecified atom stereocenters. The zero-order valence-electron chi connectivity index (χ0n) is 8.50. The molecule has 82 valence electrons. The maximum absolute atomic E-state index is 11.0. The predicted octanol–water partition coefficient (Wildman–Crippen LogP) is -0.200. The van der Waals surface area contributed by atoms with Crippen molar-refractivity contribution in [2.75, 3.05) is 0 Å². The number of carbonyl (C=O) groups is 1. The number of hydrogen-bond donors (Lipinski definition) is 2. The van der Waals surface area contributed by atoms with Crippen LogP contribution in [0.5, 0.6) is 0 Å². The first-order chi connectivity index (χ1) is 7.79. The molecule has 16 heavy (non-hydrogen) atoms. The molecule has 6 heteroatoms. The quantitative estimate of drug-likeness (QED) is 0.423. The van der Waals surface area contributed by atoms with E-state index in [4.69, 9.17) is 5.84 Å². The summed E-state index contributed by atoms with van der Waals surface area (Å²) in [6.45, 7) is 0. The number of nitrogens with zero attached hydrogens (tertiary/aromatic N) is 3. The molecule has 1 aromatic heterocycles. The van der Waals surface area contributed by atoms with Crippen LogP contribution in [0.3, 0.4) is 0 Å². The summed E-state index contributed by atoms with van der Waals surface area (Å²) in [5, 5.41) is 4.00. The third-order valence-corrected chi connectivity index (χ3v) is 2.15. The van der Waals surface area contributed by atoms with E-state index in [0.29, 0.717) is 0 Å². The van der Waals surface area contributed by atoms with E-state index in [9.17, 15) is 4.79 Å². The highest BCUT2D eigenvalue weighted by Gasteiger charge is 2.01. The van der Waals surface area contributed by atoms with E-state index in [1.807, 2.05) is 24.3 Å². The van der Waals surface area contributed by atoms with Crippen molar-refractivity contribution in [3.05, 3.63) is 42.5 Å². The van der Waals surface area contributed by atoms with Gasteiger partial charge in [-0.15, -0.1) is 0 Å². The average molecular weight is 217 g/mol. The zero-order chi connectivity index (χ0) is 11.4. The summed E-state index contributed by atoms with van der Waals surface area (Å²) in [4.78, 5) is 14.9. The lowest BCUT2D eigenvalue weighted by Crippen LogP contribution is -2.31. The molecule has 2 rings (SSSR count). The SMILES string of the molecule is NNC(=O)Cc1ccc(-n2cncn2)cc1. The van der Waals surface area contributed by atoms with Gasteiger partial charge in [0.2, 0.25) is 5.91 Å². The van der Waals surface area contributed by atoms with Crippen LogP contribution in [0.1, 0.15) is 5.56 Å². The lowest BCUT2D eigenvalue weighted by molar-refractivity contribution is -0.120. The molecule has 1 aromatic carbocycles. The van der Waals surface area contributed by atoms with Crippen molar-refractivity contribution in [2.45, 2.75) is 6.42 Å². The highest BCUT2D eigenvalue weighted by Crippen LogP contribution is 2.08. The Labute approximate surface area is 92.1 Å². The molecule has 0 atom stereocenters. The van der Waals surface area contributed by atoms with Crippen LogP contribution < -0.4 is 11.3 Å². The van der Waals surface area contributed by atoms with E-state index in [-0.39, 0.29) is 12.3 Å². The van der Waals surface area contributed by atoms with Gasteiger partial charge in [-0.2, -0.15) is 5.10 Å². The summed E-state index contributed by atoms with van der Waals surface area (Å²) in [5.41, 5.74) is 3.88. The van der Waals surface area contributed by atoms with Crippen molar-refractivity contribution in [1.82, 2.24) is 20.2 Å². The zero-order valence-corrected chi connectivity index (χ0v) is 8.50.